The predicted octanol–water partition coefficient (Wildman–Crippen LogP) is 6.19. The summed E-state index contributed by atoms with van der Waals surface area (Å²) in [5.74, 6) is 1.92. The molecule has 1 aliphatic rings. The zero-order valence-electron chi connectivity index (χ0n) is 11.8. The van der Waals surface area contributed by atoms with Crippen LogP contribution in [0.1, 0.15) is 11.1 Å². The van der Waals surface area contributed by atoms with Gasteiger partial charge in [0.05, 0.1) is 0 Å². The Morgan fingerprint density at radius 3 is 2.45 bits per heavy atom. The molecule has 3 heteroatoms. The molecule has 1 nitrogen and oxygen atoms in total. The van der Waals surface area contributed by atoms with Crippen LogP contribution in [0.3, 0.4) is 0 Å². The van der Waals surface area contributed by atoms with Gasteiger partial charge < -0.3 is 4.74 Å². The summed E-state index contributed by atoms with van der Waals surface area (Å²) in [4.78, 5) is 2.41. The zero-order chi connectivity index (χ0) is 14.9. The number of hydrogen-bond donors (Lipinski definition) is 0. The second-order valence-corrected chi connectivity index (χ2v) is 6.73. The van der Waals surface area contributed by atoms with E-state index in [4.69, 9.17) is 16.3 Å². The summed E-state index contributed by atoms with van der Waals surface area (Å²) in [6.07, 6.45) is 0.905. The number of hydrogen-bond acceptors (Lipinski definition) is 2. The Labute approximate surface area is 138 Å². The average Bonchev–Trinajstić information content (AvgIpc) is 2.55. The summed E-state index contributed by atoms with van der Waals surface area (Å²) < 4.78 is 6.04. The average molecular weight is 325 g/mol. The molecule has 0 radical (unpaired) electrons. The van der Waals surface area contributed by atoms with Crippen molar-refractivity contribution in [1.29, 1.82) is 0 Å². The summed E-state index contributed by atoms with van der Waals surface area (Å²) in [7, 11) is 0. The Morgan fingerprint density at radius 1 is 0.818 bits per heavy atom. The van der Waals surface area contributed by atoms with E-state index < -0.39 is 0 Å². The second-order valence-electron chi connectivity index (χ2n) is 5.18. The van der Waals surface area contributed by atoms with Gasteiger partial charge in [-0.25, -0.2) is 0 Å². The molecule has 0 aromatic heterocycles. The Hall–Kier alpha value is -1.90. The van der Waals surface area contributed by atoms with Crippen molar-refractivity contribution in [3.8, 4) is 11.5 Å². The van der Waals surface area contributed by atoms with Crippen molar-refractivity contribution in [1.82, 2.24) is 0 Å². The van der Waals surface area contributed by atoms with Gasteiger partial charge in [-0.05, 0) is 48.0 Å². The largest absolute Gasteiger partial charge is 0.457 e. The first-order valence-corrected chi connectivity index (χ1v) is 8.30. The van der Waals surface area contributed by atoms with Gasteiger partial charge in [0, 0.05) is 26.8 Å². The van der Waals surface area contributed by atoms with Crippen LogP contribution in [0.2, 0.25) is 5.02 Å². The van der Waals surface area contributed by atoms with Crippen LogP contribution in [-0.2, 0) is 6.42 Å². The van der Waals surface area contributed by atoms with Crippen LogP contribution in [-0.4, -0.2) is 0 Å². The highest BCUT2D eigenvalue weighted by Gasteiger charge is 2.19. The van der Waals surface area contributed by atoms with Crippen LogP contribution >= 0.6 is 23.4 Å². The van der Waals surface area contributed by atoms with E-state index in [1.54, 1.807) is 11.8 Å². The molecule has 22 heavy (non-hydrogen) atoms. The monoisotopic (exact) mass is 324 g/mol. The smallest absolute Gasteiger partial charge is 0.132 e. The molecule has 0 atom stereocenters. The van der Waals surface area contributed by atoms with Crippen LogP contribution in [0.25, 0.3) is 0 Å². The second kappa shape index (κ2) is 5.71. The third kappa shape index (κ3) is 2.60. The van der Waals surface area contributed by atoms with E-state index in [1.165, 1.54) is 20.9 Å². The van der Waals surface area contributed by atoms with E-state index >= 15 is 0 Å². The maximum absolute atomic E-state index is 6.04. The first kappa shape index (κ1) is 13.7. The van der Waals surface area contributed by atoms with Crippen molar-refractivity contribution in [3.63, 3.8) is 0 Å². The fourth-order valence-corrected chi connectivity index (χ4v) is 3.69. The maximum Gasteiger partial charge on any atom is 0.132 e. The molecule has 0 aliphatic carbocycles. The highest BCUT2D eigenvalue weighted by Crippen LogP contribution is 2.42. The van der Waals surface area contributed by atoms with E-state index in [1.807, 2.05) is 48.5 Å². The van der Waals surface area contributed by atoms with Crippen molar-refractivity contribution < 1.29 is 4.74 Å². The lowest BCUT2D eigenvalue weighted by Gasteiger charge is -2.22. The number of benzene rings is 3. The summed E-state index contributed by atoms with van der Waals surface area (Å²) >= 11 is 7.70. The fourth-order valence-electron chi connectivity index (χ4n) is 2.60. The van der Waals surface area contributed by atoms with Gasteiger partial charge in [0.15, 0.2) is 0 Å². The summed E-state index contributed by atoms with van der Waals surface area (Å²) in [5, 5.41) is 0.761. The van der Waals surface area contributed by atoms with Crippen LogP contribution in [0, 0.1) is 0 Å². The van der Waals surface area contributed by atoms with Gasteiger partial charge in [-0.1, -0.05) is 47.6 Å². The van der Waals surface area contributed by atoms with E-state index in [2.05, 4.69) is 18.2 Å². The Bertz CT molecular complexity index is 827. The van der Waals surface area contributed by atoms with E-state index in [9.17, 15) is 0 Å². The van der Waals surface area contributed by atoms with Crippen molar-refractivity contribution in [2.45, 2.75) is 16.2 Å². The topological polar surface area (TPSA) is 9.23 Å². The minimum absolute atomic E-state index is 0.761. The van der Waals surface area contributed by atoms with E-state index in [0.717, 1.165) is 22.9 Å². The van der Waals surface area contributed by atoms with Gasteiger partial charge >= 0.3 is 0 Å². The lowest BCUT2D eigenvalue weighted by atomic mass is 10.0. The number of fused-ring (bicyclic) bond motifs is 2. The minimum Gasteiger partial charge on any atom is -0.457 e. The number of rotatable bonds is 2. The predicted molar refractivity (Wildman–Crippen MR) is 91.3 cm³/mol. The molecule has 0 spiro atoms. The highest BCUT2D eigenvalue weighted by atomic mass is 35.5. The lowest BCUT2D eigenvalue weighted by molar-refractivity contribution is 0.457. The number of para-hydroxylation sites is 1. The third-order valence-corrected chi connectivity index (χ3v) is 5.05. The van der Waals surface area contributed by atoms with Gasteiger partial charge in [0.25, 0.3) is 0 Å². The molecular formula is C19H13ClOS. The van der Waals surface area contributed by atoms with Crippen molar-refractivity contribution >= 4 is 23.4 Å². The molecule has 1 aliphatic heterocycles. The summed E-state index contributed by atoms with van der Waals surface area (Å²) in [6, 6.07) is 22.4. The van der Waals surface area contributed by atoms with Crippen LogP contribution < -0.4 is 4.74 Å². The molecule has 3 aromatic carbocycles. The Kier molecular flexibility index (Phi) is 3.57. The van der Waals surface area contributed by atoms with Crippen molar-refractivity contribution in [2.75, 3.05) is 0 Å². The third-order valence-electron chi connectivity index (χ3n) is 3.69. The van der Waals surface area contributed by atoms with E-state index in [-0.39, 0.29) is 0 Å². The summed E-state index contributed by atoms with van der Waals surface area (Å²) in [6.45, 7) is 0. The maximum atomic E-state index is 6.04. The molecule has 0 saturated carbocycles. The molecule has 3 aromatic rings. The minimum atomic E-state index is 0.761. The molecule has 1 heterocycles. The van der Waals surface area contributed by atoms with Crippen LogP contribution in [0.15, 0.2) is 76.5 Å². The Balaban J connectivity index is 1.70. The fraction of sp³-hybridized carbons (Fsp3) is 0.0526. The molecule has 0 bridgehead atoms. The molecule has 0 unspecified atom stereocenters. The van der Waals surface area contributed by atoms with Gasteiger partial charge in [-0.2, -0.15) is 0 Å². The lowest BCUT2D eigenvalue weighted by Crippen LogP contribution is -2.03. The number of halogens is 1. The quantitative estimate of drug-likeness (QED) is 0.435. The normalized spacial score (nSPS) is 12.2. The van der Waals surface area contributed by atoms with Gasteiger partial charge in [-0.3, -0.25) is 0 Å². The number of ether oxygens (including phenoxy) is 1. The molecule has 108 valence electrons. The van der Waals surface area contributed by atoms with Gasteiger partial charge in [-0.15, -0.1) is 0 Å². The van der Waals surface area contributed by atoms with Gasteiger partial charge in [0.1, 0.15) is 11.5 Å². The standard InChI is InChI=1S/C19H13ClOS/c20-14-8-10-15(11-9-14)22-19-7-3-6-18-16(19)12-13-4-1-2-5-17(13)21-18/h1-11H,12H2. The first-order valence-electron chi connectivity index (χ1n) is 7.11. The first-order chi connectivity index (χ1) is 10.8. The molecule has 0 amide bonds. The molecule has 0 N–H and O–H groups in total. The molecule has 0 fully saturated rings. The Morgan fingerprint density at radius 2 is 1.59 bits per heavy atom. The SMILES string of the molecule is Clc1ccc(Sc2cccc3c2Cc2ccccc2O3)cc1. The zero-order valence-corrected chi connectivity index (χ0v) is 13.3. The molecule has 4 rings (SSSR count). The van der Waals surface area contributed by atoms with Crippen molar-refractivity contribution in [2.24, 2.45) is 0 Å². The summed E-state index contributed by atoms with van der Waals surface area (Å²) in [5.41, 5.74) is 2.49. The molecular weight excluding hydrogens is 312 g/mol. The van der Waals surface area contributed by atoms with Crippen LogP contribution in [0.5, 0.6) is 11.5 Å². The van der Waals surface area contributed by atoms with E-state index in [0.29, 0.717) is 0 Å². The molecule has 0 saturated heterocycles. The van der Waals surface area contributed by atoms with Crippen molar-refractivity contribution in [3.05, 3.63) is 82.9 Å². The highest BCUT2D eigenvalue weighted by molar-refractivity contribution is 7.99. The van der Waals surface area contributed by atoms with Gasteiger partial charge in [0.2, 0.25) is 0 Å². The van der Waals surface area contributed by atoms with Crippen LogP contribution in [0.4, 0.5) is 0 Å².